The number of rotatable bonds is 8. The fourth-order valence-corrected chi connectivity index (χ4v) is 12.3. The molecule has 0 aliphatic carbocycles. The minimum absolute atomic E-state index is 0.186. The summed E-state index contributed by atoms with van der Waals surface area (Å²) in [7, 11) is -1.41. The van der Waals surface area contributed by atoms with E-state index >= 15 is 0 Å². The van der Waals surface area contributed by atoms with Crippen molar-refractivity contribution in [3.05, 3.63) is 258 Å². The van der Waals surface area contributed by atoms with E-state index in [0.717, 1.165) is 54.8 Å². The second kappa shape index (κ2) is 23.5. The predicted octanol–water partition coefficient (Wildman–Crippen LogP) is 17.5. The Kier molecular flexibility index (Phi) is 15.3. The fraction of sp³-hybridized carbons (Fsp3) is 0. The Morgan fingerprint density at radius 3 is 1.11 bits per heavy atom. The van der Waals surface area contributed by atoms with Crippen molar-refractivity contribution < 1.29 is 10.0 Å². The molecule has 0 aliphatic heterocycles. The highest BCUT2D eigenvalue weighted by atomic mass is 35.5. The first-order chi connectivity index (χ1) is 39.2. The molecule has 14 rings (SSSR count). The van der Waals surface area contributed by atoms with Crippen molar-refractivity contribution in [2.45, 2.75) is 0 Å². The van der Waals surface area contributed by atoms with E-state index in [1.165, 1.54) is 35.6 Å². The molecule has 4 aromatic heterocycles. The molecule has 0 radical (unpaired) electrons. The quantitative estimate of drug-likeness (QED) is 0.145. The molecule has 0 saturated carbocycles. The van der Waals surface area contributed by atoms with Gasteiger partial charge in [0.15, 0.2) is 29.1 Å². The number of benzene rings is 10. The second-order valence-corrected chi connectivity index (χ2v) is 21.7. The number of nitrogens with zero attached hydrogens (tertiary/aromatic N) is 6. The molecular formula is C66H42BCl3N6O2S2. The van der Waals surface area contributed by atoms with Gasteiger partial charge in [-0.15, -0.1) is 22.7 Å². The summed E-state index contributed by atoms with van der Waals surface area (Å²) in [4.78, 5) is 28.9. The van der Waals surface area contributed by atoms with E-state index in [4.69, 9.17) is 64.8 Å². The molecule has 4 heterocycles. The summed E-state index contributed by atoms with van der Waals surface area (Å²) in [6.45, 7) is 0. The summed E-state index contributed by atoms with van der Waals surface area (Å²) >= 11 is 21.7. The molecule has 80 heavy (non-hydrogen) atoms. The molecule has 0 spiro atoms. The van der Waals surface area contributed by atoms with Crippen LogP contribution >= 0.6 is 57.5 Å². The summed E-state index contributed by atoms with van der Waals surface area (Å²) in [5, 5.41) is 23.6. The Morgan fingerprint density at radius 1 is 0.287 bits per heavy atom. The van der Waals surface area contributed by atoms with Crippen molar-refractivity contribution in [2.24, 2.45) is 0 Å². The van der Waals surface area contributed by atoms with E-state index in [9.17, 15) is 0 Å². The Labute approximate surface area is 484 Å². The van der Waals surface area contributed by atoms with Gasteiger partial charge in [-0.25, -0.2) is 19.9 Å². The highest BCUT2D eigenvalue weighted by molar-refractivity contribution is 7.26. The maximum atomic E-state index is 8.63. The molecule has 14 aromatic rings. The Hall–Kier alpha value is -8.49. The van der Waals surface area contributed by atoms with Gasteiger partial charge in [0, 0.05) is 78.2 Å². The summed E-state index contributed by atoms with van der Waals surface area (Å²) < 4.78 is 4.81. The molecule has 0 bridgehead atoms. The van der Waals surface area contributed by atoms with E-state index in [-0.39, 0.29) is 5.28 Å². The average molecular weight is 1130 g/mol. The number of hydrogen-bond acceptors (Lipinski definition) is 10. The first-order valence-electron chi connectivity index (χ1n) is 25.4. The van der Waals surface area contributed by atoms with E-state index in [1.54, 1.807) is 46.9 Å². The predicted molar refractivity (Wildman–Crippen MR) is 335 cm³/mol. The van der Waals surface area contributed by atoms with Crippen LogP contribution in [0.4, 0.5) is 0 Å². The molecule has 0 amide bonds. The lowest BCUT2D eigenvalue weighted by molar-refractivity contribution is 0.426. The Balaban J connectivity index is 0.000000137. The van der Waals surface area contributed by atoms with Gasteiger partial charge in [0.05, 0.1) is 0 Å². The summed E-state index contributed by atoms with van der Waals surface area (Å²) in [6, 6.07) is 80.5. The van der Waals surface area contributed by atoms with Gasteiger partial charge in [0.1, 0.15) is 0 Å². The number of thiophene rings is 2. The maximum Gasteiger partial charge on any atom is 0.488 e. The third kappa shape index (κ3) is 11.1. The molecule has 0 unspecified atom stereocenters. The third-order valence-electron chi connectivity index (χ3n) is 13.3. The standard InChI is InChI=1S/C33H20ClN3S.C27H16ClN3S.C6H6BClO2/c34-23-19-17-22(18-20-23)31-35-32(27-13-5-4-11-24(27)21-9-2-1-3-10-21)37-33(36-31)28-15-8-14-26-25-12-6-7-16-29(25)38-30(26)28;28-27-30-25(21-13-5-4-11-18(21)17-9-2-1-3-10-17)29-26(31-27)22-15-8-14-20-19-12-6-7-16-23(19)32-24(20)22;8-6-3-1-5(2-4-6)7(9)10/h1-20H;1-16H;1-4,9-10H. The van der Waals surface area contributed by atoms with Gasteiger partial charge in [-0.3, -0.25) is 0 Å². The van der Waals surface area contributed by atoms with Gasteiger partial charge in [0.2, 0.25) is 5.28 Å². The minimum Gasteiger partial charge on any atom is -0.423 e. The zero-order valence-corrected chi connectivity index (χ0v) is 46.1. The second-order valence-electron chi connectivity index (χ2n) is 18.4. The fourth-order valence-electron chi connectivity index (χ4n) is 9.51. The van der Waals surface area contributed by atoms with Gasteiger partial charge in [-0.1, -0.05) is 205 Å². The molecule has 10 aromatic carbocycles. The number of hydrogen-bond donors (Lipinski definition) is 2. The number of aromatic nitrogens is 6. The molecule has 0 atom stereocenters. The molecule has 0 fully saturated rings. The zero-order chi connectivity index (χ0) is 54.5. The van der Waals surface area contributed by atoms with Crippen LogP contribution in [-0.4, -0.2) is 47.1 Å². The minimum atomic E-state index is -1.41. The lowest BCUT2D eigenvalue weighted by atomic mass is 9.81. The van der Waals surface area contributed by atoms with Crippen LogP contribution in [-0.2, 0) is 0 Å². The number of fused-ring (bicyclic) bond motifs is 6. The molecule has 384 valence electrons. The average Bonchev–Trinajstić information content (AvgIpc) is 4.31. The van der Waals surface area contributed by atoms with E-state index < -0.39 is 7.12 Å². The molecule has 14 heteroatoms. The Bertz CT molecular complexity index is 4510. The highest BCUT2D eigenvalue weighted by Gasteiger charge is 2.20. The lowest BCUT2D eigenvalue weighted by Gasteiger charge is -2.12. The smallest absolute Gasteiger partial charge is 0.423 e. The van der Waals surface area contributed by atoms with Crippen LogP contribution in [0.5, 0.6) is 0 Å². The van der Waals surface area contributed by atoms with Crippen molar-refractivity contribution in [1.29, 1.82) is 0 Å². The van der Waals surface area contributed by atoms with Gasteiger partial charge >= 0.3 is 7.12 Å². The van der Waals surface area contributed by atoms with Crippen LogP contribution in [0.1, 0.15) is 0 Å². The summed E-state index contributed by atoms with van der Waals surface area (Å²) in [6.07, 6.45) is 0. The summed E-state index contributed by atoms with van der Waals surface area (Å²) in [5.41, 5.74) is 9.54. The first-order valence-corrected chi connectivity index (χ1v) is 28.2. The van der Waals surface area contributed by atoms with E-state index in [2.05, 4.69) is 131 Å². The monoisotopic (exact) mass is 1130 g/mol. The largest absolute Gasteiger partial charge is 0.488 e. The van der Waals surface area contributed by atoms with E-state index in [1.807, 2.05) is 97.1 Å². The van der Waals surface area contributed by atoms with Crippen molar-refractivity contribution in [1.82, 2.24) is 29.9 Å². The van der Waals surface area contributed by atoms with Crippen LogP contribution in [0.2, 0.25) is 15.3 Å². The van der Waals surface area contributed by atoms with Crippen LogP contribution in [0, 0.1) is 0 Å². The lowest BCUT2D eigenvalue weighted by Crippen LogP contribution is -2.29. The normalized spacial score (nSPS) is 11.1. The first kappa shape index (κ1) is 52.2. The zero-order valence-electron chi connectivity index (χ0n) is 42.2. The van der Waals surface area contributed by atoms with Crippen molar-refractivity contribution in [2.75, 3.05) is 0 Å². The SMILES string of the molecule is Clc1ccc(-c2nc(-c3ccccc3-c3ccccc3)nc(-c3cccc4c3sc3ccccc34)n2)cc1.Clc1nc(-c2ccccc2-c2ccccc2)nc(-c2cccc3c2sc2ccccc23)n1.OB(O)c1ccc(Cl)cc1. The molecule has 0 saturated heterocycles. The maximum absolute atomic E-state index is 8.63. The van der Waals surface area contributed by atoms with Crippen molar-refractivity contribution in [3.63, 3.8) is 0 Å². The van der Waals surface area contributed by atoms with Gasteiger partial charge in [-0.2, -0.15) is 9.97 Å². The van der Waals surface area contributed by atoms with Crippen molar-refractivity contribution >= 4 is 110 Å². The van der Waals surface area contributed by atoms with Crippen LogP contribution < -0.4 is 5.46 Å². The highest BCUT2D eigenvalue weighted by Crippen LogP contribution is 2.42. The van der Waals surface area contributed by atoms with E-state index in [0.29, 0.717) is 44.6 Å². The van der Waals surface area contributed by atoms with Gasteiger partial charge in [-0.05, 0) is 100.0 Å². The number of halogens is 3. The Morgan fingerprint density at radius 2 is 0.637 bits per heavy atom. The van der Waals surface area contributed by atoms with Crippen LogP contribution in [0.15, 0.2) is 243 Å². The van der Waals surface area contributed by atoms with Crippen molar-refractivity contribution in [3.8, 4) is 79.2 Å². The topological polar surface area (TPSA) is 118 Å². The van der Waals surface area contributed by atoms with Crippen LogP contribution in [0.25, 0.3) is 120 Å². The molecular weight excluding hydrogens is 1090 g/mol. The summed E-state index contributed by atoms with van der Waals surface area (Å²) in [5.74, 6) is 3.05. The molecule has 8 nitrogen and oxygen atoms in total. The third-order valence-corrected chi connectivity index (χ3v) is 16.4. The molecule has 2 N–H and O–H groups in total. The molecule has 0 aliphatic rings. The van der Waals surface area contributed by atoms with Gasteiger partial charge < -0.3 is 10.0 Å². The van der Waals surface area contributed by atoms with Gasteiger partial charge in [0.25, 0.3) is 0 Å². The van der Waals surface area contributed by atoms with Crippen LogP contribution in [0.3, 0.4) is 0 Å².